The molecule has 1 atom stereocenters. The van der Waals surface area contributed by atoms with Gasteiger partial charge in [-0.2, -0.15) is 5.26 Å². The largest absolute Gasteiger partial charge is 0.314 e. The van der Waals surface area contributed by atoms with Gasteiger partial charge in [0.2, 0.25) is 5.96 Å². The Hall–Kier alpha value is -2.91. The van der Waals surface area contributed by atoms with E-state index in [9.17, 15) is 4.79 Å². The molecular formula is C26H25BrN4O. The number of fused-ring (bicyclic) bond motifs is 2. The fraction of sp³-hybridized carbons (Fsp3) is 0.346. The summed E-state index contributed by atoms with van der Waals surface area (Å²) in [5.74, 6) is 1.45. The summed E-state index contributed by atoms with van der Waals surface area (Å²) in [4.78, 5) is 22.3. The third-order valence-corrected chi connectivity index (χ3v) is 7.13. The highest BCUT2D eigenvalue weighted by Gasteiger charge is 2.42. The van der Waals surface area contributed by atoms with Gasteiger partial charge in [0, 0.05) is 22.3 Å². The number of halogens is 1. The van der Waals surface area contributed by atoms with E-state index < -0.39 is 0 Å². The lowest BCUT2D eigenvalue weighted by atomic mass is 9.96. The molecule has 0 fully saturated rings. The molecule has 0 radical (unpaired) electrons. The van der Waals surface area contributed by atoms with Crippen LogP contribution in [0.4, 0.5) is 0 Å². The molecule has 0 bridgehead atoms. The van der Waals surface area contributed by atoms with Gasteiger partial charge in [-0.1, -0.05) is 40.2 Å². The normalized spacial score (nSPS) is 19.7. The van der Waals surface area contributed by atoms with Crippen molar-refractivity contribution in [1.29, 1.82) is 5.26 Å². The Morgan fingerprint density at radius 3 is 2.78 bits per heavy atom. The predicted octanol–water partition coefficient (Wildman–Crippen LogP) is 5.02. The minimum absolute atomic E-state index is 0.129. The summed E-state index contributed by atoms with van der Waals surface area (Å²) in [6.45, 7) is 2.17. The molecule has 1 unspecified atom stereocenters. The van der Waals surface area contributed by atoms with Crippen LogP contribution in [0.15, 0.2) is 69.3 Å². The van der Waals surface area contributed by atoms with Crippen molar-refractivity contribution < 1.29 is 4.79 Å². The first-order valence-corrected chi connectivity index (χ1v) is 12.0. The number of hydrogen-bond acceptors (Lipinski definition) is 4. The van der Waals surface area contributed by atoms with Crippen LogP contribution < -0.4 is 0 Å². The topological polar surface area (TPSA) is 59.7 Å². The maximum absolute atomic E-state index is 13.5. The second-order valence-corrected chi connectivity index (χ2v) is 9.67. The number of aliphatic imine (C=N–C) groups is 1. The van der Waals surface area contributed by atoms with Crippen LogP contribution in [0.25, 0.3) is 0 Å². The van der Waals surface area contributed by atoms with Gasteiger partial charge in [0.05, 0.1) is 24.7 Å². The van der Waals surface area contributed by atoms with Crippen LogP contribution in [0.2, 0.25) is 0 Å². The molecule has 3 aliphatic rings. The van der Waals surface area contributed by atoms with E-state index in [1.807, 2.05) is 35.2 Å². The van der Waals surface area contributed by atoms with Gasteiger partial charge in [0.25, 0.3) is 5.91 Å². The highest BCUT2D eigenvalue weighted by molar-refractivity contribution is 9.10. The molecule has 0 N–H and O–H groups in total. The first-order valence-electron chi connectivity index (χ1n) is 11.2. The van der Waals surface area contributed by atoms with Gasteiger partial charge in [-0.25, -0.2) is 0 Å². The number of rotatable bonds is 6. The van der Waals surface area contributed by atoms with Gasteiger partial charge in [-0.15, -0.1) is 0 Å². The van der Waals surface area contributed by atoms with E-state index in [1.54, 1.807) is 0 Å². The highest BCUT2D eigenvalue weighted by atomic mass is 79.9. The van der Waals surface area contributed by atoms with Crippen molar-refractivity contribution in [2.45, 2.75) is 38.6 Å². The van der Waals surface area contributed by atoms with E-state index in [0.29, 0.717) is 12.5 Å². The molecule has 0 aromatic heterocycles. The Kier molecular flexibility index (Phi) is 5.84. The lowest BCUT2D eigenvalue weighted by Crippen LogP contribution is -2.49. The lowest BCUT2D eigenvalue weighted by molar-refractivity contribution is -0.125. The standard InChI is InChI=1S/C26H25BrN4O/c27-22-9-7-19(8-10-22)17-31-25(32)23-14-20(15-24(23)30-12-11-29-26(30)31)5-1-3-18-4-2-6-21(13-18)16-28/h2,4,6-10,13,20H,1,3,5,11-12,14-15,17H2. The molecule has 2 heterocycles. The fourth-order valence-electron chi connectivity index (χ4n) is 5.05. The zero-order valence-electron chi connectivity index (χ0n) is 17.9. The summed E-state index contributed by atoms with van der Waals surface area (Å²) < 4.78 is 1.04. The molecular weight excluding hydrogens is 464 g/mol. The number of nitrogens with zero attached hydrogens (tertiary/aromatic N) is 4. The van der Waals surface area contributed by atoms with E-state index >= 15 is 0 Å². The fourth-order valence-corrected chi connectivity index (χ4v) is 5.31. The van der Waals surface area contributed by atoms with Crippen molar-refractivity contribution in [3.8, 4) is 6.07 Å². The van der Waals surface area contributed by atoms with E-state index in [0.717, 1.165) is 72.3 Å². The lowest BCUT2D eigenvalue weighted by Gasteiger charge is -2.35. The first-order chi connectivity index (χ1) is 15.6. The minimum atomic E-state index is 0.129. The maximum Gasteiger partial charge on any atom is 0.258 e. The van der Waals surface area contributed by atoms with Crippen molar-refractivity contribution in [3.63, 3.8) is 0 Å². The summed E-state index contributed by atoms with van der Waals surface area (Å²) in [5.41, 5.74) is 5.23. The van der Waals surface area contributed by atoms with Crippen molar-refractivity contribution in [2.24, 2.45) is 10.9 Å². The SMILES string of the molecule is N#Cc1cccc(CCCC2CC3=C(C2)N2CCN=C2N(Cc2ccc(Br)cc2)C3=O)c1. The molecule has 5 rings (SSSR count). The summed E-state index contributed by atoms with van der Waals surface area (Å²) >= 11 is 3.48. The summed E-state index contributed by atoms with van der Waals surface area (Å²) in [6, 6.07) is 18.2. The average molecular weight is 489 g/mol. The molecule has 2 aromatic rings. The molecule has 2 aromatic carbocycles. The van der Waals surface area contributed by atoms with Gasteiger partial charge < -0.3 is 4.90 Å². The van der Waals surface area contributed by atoms with Gasteiger partial charge in [-0.3, -0.25) is 14.7 Å². The third kappa shape index (κ3) is 4.10. The molecule has 1 aliphatic carbocycles. The van der Waals surface area contributed by atoms with Crippen LogP contribution in [-0.2, 0) is 17.8 Å². The Balaban J connectivity index is 1.25. The Morgan fingerprint density at radius 1 is 1.12 bits per heavy atom. The molecule has 0 saturated heterocycles. The molecule has 2 aliphatic heterocycles. The second kappa shape index (κ2) is 8.91. The third-order valence-electron chi connectivity index (χ3n) is 6.60. The number of allylic oxidation sites excluding steroid dienone is 1. The molecule has 5 nitrogen and oxygen atoms in total. The van der Waals surface area contributed by atoms with E-state index in [-0.39, 0.29) is 5.91 Å². The van der Waals surface area contributed by atoms with E-state index in [2.05, 4.69) is 50.1 Å². The van der Waals surface area contributed by atoms with Crippen molar-refractivity contribution in [3.05, 3.63) is 81.0 Å². The van der Waals surface area contributed by atoms with Gasteiger partial charge in [0.15, 0.2) is 0 Å². The monoisotopic (exact) mass is 488 g/mol. The van der Waals surface area contributed by atoms with Gasteiger partial charge >= 0.3 is 0 Å². The molecule has 1 amide bonds. The second-order valence-electron chi connectivity index (χ2n) is 8.76. The van der Waals surface area contributed by atoms with Crippen LogP contribution in [0.3, 0.4) is 0 Å². The van der Waals surface area contributed by atoms with Gasteiger partial charge in [-0.05, 0) is 73.4 Å². The Labute approximate surface area is 197 Å². The minimum Gasteiger partial charge on any atom is -0.314 e. The average Bonchev–Trinajstić information content (AvgIpc) is 3.45. The predicted molar refractivity (Wildman–Crippen MR) is 128 cm³/mol. The maximum atomic E-state index is 13.5. The zero-order chi connectivity index (χ0) is 22.1. The molecule has 6 heteroatoms. The zero-order valence-corrected chi connectivity index (χ0v) is 19.5. The van der Waals surface area contributed by atoms with E-state index in [4.69, 9.17) is 5.26 Å². The number of amides is 1. The van der Waals surface area contributed by atoms with Gasteiger partial charge in [0.1, 0.15) is 0 Å². The number of carbonyl (C=O) groups excluding carboxylic acids is 1. The number of benzene rings is 2. The first kappa shape index (κ1) is 21.0. The summed E-state index contributed by atoms with van der Waals surface area (Å²) in [6.07, 6.45) is 4.94. The molecule has 32 heavy (non-hydrogen) atoms. The summed E-state index contributed by atoms with van der Waals surface area (Å²) in [5, 5.41) is 9.10. The van der Waals surface area contributed by atoms with Crippen molar-refractivity contribution in [1.82, 2.24) is 9.80 Å². The molecule has 162 valence electrons. The van der Waals surface area contributed by atoms with Crippen LogP contribution in [0.5, 0.6) is 0 Å². The number of guanidine groups is 1. The van der Waals surface area contributed by atoms with Crippen LogP contribution in [0, 0.1) is 17.2 Å². The smallest absolute Gasteiger partial charge is 0.258 e. The Morgan fingerprint density at radius 2 is 1.97 bits per heavy atom. The number of carbonyl (C=O) groups is 1. The number of hydrogen-bond donors (Lipinski definition) is 0. The van der Waals surface area contributed by atoms with Crippen molar-refractivity contribution >= 4 is 27.8 Å². The Bertz CT molecular complexity index is 1150. The highest BCUT2D eigenvalue weighted by Crippen LogP contribution is 2.41. The number of nitriles is 1. The quantitative estimate of drug-likeness (QED) is 0.573. The van der Waals surface area contributed by atoms with Crippen LogP contribution >= 0.6 is 15.9 Å². The van der Waals surface area contributed by atoms with Crippen LogP contribution in [0.1, 0.15) is 42.4 Å². The molecule has 0 spiro atoms. The van der Waals surface area contributed by atoms with Crippen molar-refractivity contribution in [2.75, 3.05) is 13.1 Å². The number of aryl methyl sites for hydroxylation is 1. The molecule has 0 saturated carbocycles. The van der Waals surface area contributed by atoms with E-state index in [1.165, 1.54) is 11.3 Å². The summed E-state index contributed by atoms with van der Waals surface area (Å²) in [7, 11) is 0. The van der Waals surface area contributed by atoms with Crippen LogP contribution in [-0.4, -0.2) is 34.8 Å².